The van der Waals surface area contributed by atoms with Gasteiger partial charge in [-0.1, -0.05) is 41.4 Å². The first kappa shape index (κ1) is 26.3. The van der Waals surface area contributed by atoms with Crippen LogP contribution in [0.1, 0.15) is 29.5 Å². The van der Waals surface area contributed by atoms with Gasteiger partial charge in [0.2, 0.25) is 0 Å². The number of anilines is 3. The van der Waals surface area contributed by atoms with Crippen LogP contribution in [0.25, 0.3) is 10.9 Å². The van der Waals surface area contributed by atoms with Crippen LogP contribution >= 0.6 is 23.2 Å². The molecule has 1 fully saturated rings. The molecule has 1 unspecified atom stereocenters. The lowest BCUT2D eigenvalue weighted by Crippen LogP contribution is -2.45. The maximum atomic E-state index is 13.9. The highest BCUT2D eigenvalue weighted by Crippen LogP contribution is 2.39. The van der Waals surface area contributed by atoms with Crippen LogP contribution in [0.2, 0.25) is 10.0 Å². The van der Waals surface area contributed by atoms with Gasteiger partial charge in [-0.15, -0.1) is 5.53 Å². The first-order valence-corrected chi connectivity index (χ1v) is 13.4. The SMILES string of the molecule is [B]C(Nc1cc(Cl)c2ncc(C#N)c(Nc3cccc(Cl)c3C)c2c1)(C1=CN(C2CC2)NN1)c1ccc(F)cc1. The topological polar surface area (TPSA) is 88.0 Å². The summed E-state index contributed by atoms with van der Waals surface area (Å²) in [5.41, 5.74) is 9.82. The Morgan fingerprint density at radius 2 is 1.93 bits per heavy atom. The summed E-state index contributed by atoms with van der Waals surface area (Å²) in [6, 6.07) is 17.7. The molecule has 0 spiro atoms. The number of hydrazine groups is 2. The predicted molar refractivity (Wildman–Crippen MR) is 158 cm³/mol. The summed E-state index contributed by atoms with van der Waals surface area (Å²) in [5, 5.41) is 20.2. The number of halogens is 3. The average Bonchev–Trinajstić information content (AvgIpc) is 3.67. The molecule has 0 saturated heterocycles. The van der Waals surface area contributed by atoms with Crippen molar-refractivity contribution >= 4 is 59.0 Å². The van der Waals surface area contributed by atoms with Crippen LogP contribution in [-0.2, 0) is 5.44 Å². The van der Waals surface area contributed by atoms with Gasteiger partial charge >= 0.3 is 0 Å². The third kappa shape index (κ3) is 4.79. The minimum absolute atomic E-state index is 0.335. The Labute approximate surface area is 242 Å². The Morgan fingerprint density at radius 1 is 1.15 bits per heavy atom. The van der Waals surface area contributed by atoms with Gasteiger partial charge in [-0.05, 0) is 67.3 Å². The van der Waals surface area contributed by atoms with E-state index in [2.05, 4.69) is 32.6 Å². The summed E-state index contributed by atoms with van der Waals surface area (Å²) < 4.78 is 13.9. The number of nitrogens with one attached hydrogen (secondary N) is 4. The maximum absolute atomic E-state index is 13.9. The van der Waals surface area contributed by atoms with E-state index < -0.39 is 5.44 Å². The second-order valence-electron chi connectivity index (χ2n) is 9.91. The number of rotatable bonds is 7. The summed E-state index contributed by atoms with van der Waals surface area (Å²) >= 11 is 13.1. The number of hydrogen-bond acceptors (Lipinski definition) is 7. The molecule has 2 radical (unpaired) electrons. The molecule has 1 aromatic heterocycles. The van der Waals surface area contributed by atoms with E-state index in [1.54, 1.807) is 24.3 Å². The first-order chi connectivity index (χ1) is 19.3. The predicted octanol–water partition coefficient (Wildman–Crippen LogP) is 6.37. The quantitative estimate of drug-likeness (QED) is 0.192. The molecule has 7 nitrogen and oxygen atoms in total. The van der Waals surface area contributed by atoms with E-state index in [9.17, 15) is 9.65 Å². The maximum Gasteiger partial charge on any atom is 0.123 e. The third-order valence-corrected chi connectivity index (χ3v) is 7.86. The van der Waals surface area contributed by atoms with Crippen molar-refractivity contribution in [1.82, 2.24) is 21.0 Å². The second-order valence-corrected chi connectivity index (χ2v) is 10.7. The molecule has 4 aromatic rings. The average molecular weight is 570 g/mol. The number of fused-ring (bicyclic) bond motifs is 1. The molecule has 0 bridgehead atoms. The van der Waals surface area contributed by atoms with Crippen molar-refractivity contribution in [1.29, 1.82) is 5.26 Å². The van der Waals surface area contributed by atoms with Crippen LogP contribution in [0.3, 0.4) is 0 Å². The van der Waals surface area contributed by atoms with Crippen LogP contribution in [0.15, 0.2) is 72.7 Å². The van der Waals surface area contributed by atoms with Gasteiger partial charge in [-0.3, -0.25) is 9.99 Å². The van der Waals surface area contributed by atoms with Crippen molar-refractivity contribution in [2.24, 2.45) is 0 Å². The standard InChI is InChI=1S/C29H23BCl2FN7/c1-16-23(31)3-2-4-25(16)36-27-17(13-34)14-35-28-22(27)11-20(12-24(28)32)37-29(30,18-5-7-19(33)8-6-18)26-15-40(39-38-26)21-9-10-21/h2-8,11-12,14-15,21,37-39H,9-10H2,1H3,(H,35,36). The van der Waals surface area contributed by atoms with Gasteiger partial charge < -0.3 is 16.1 Å². The third-order valence-electron chi connectivity index (χ3n) is 7.17. The van der Waals surface area contributed by atoms with Crippen molar-refractivity contribution in [3.63, 3.8) is 0 Å². The molecule has 1 atom stereocenters. The molecule has 6 rings (SSSR count). The molecule has 0 amide bonds. The molecule has 1 aliphatic carbocycles. The molecule has 3 aromatic carbocycles. The minimum atomic E-state index is -1.29. The molecular formula is C29H23BCl2FN7. The molecule has 4 N–H and O–H groups in total. The Morgan fingerprint density at radius 3 is 2.65 bits per heavy atom. The van der Waals surface area contributed by atoms with Gasteiger partial charge in [0.15, 0.2) is 0 Å². The van der Waals surface area contributed by atoms with Gasteiger partial charge in [0.1, 0.15) is 19.7 Å². The van der Waals surface area contributed by atoms with E-state index in [-0.39, 0.29) is 5.82 Å². The summed E-state index contributed by atoms with van der Waals surface area (Å²) in [6.45, 7) is 1.90. The molecule has 2 aliphatic rings. The van der Waals surface area contributed by atoms with Gasteiger partial charge in [0.25, 0.3) is 0 Å². The lowest BCUT2D eigenvalue weighted by atomic mass is 9.69. The number of nitriles is 1. The summed E-state index contributed by atoms with van der Waals surface area (Å²) in [4.78, 5) is 4.45. The summed E-state index contributed by atoms with van der Waals surface area (Å²) in [6.07, 6.45) is 5.56. The fraction of sp³-hybridized carbons (Fsp3) is 0.172. The highest BCUT2D eigenvalue weighted by molar-refractivity contribution is 6.36. The lowest BCUT2D eigenvalue weighted by Gasteiger charge is -2.34. The number of hydrogen-bond donors (Lipinski definition) is 4. The highest BCUT2D eigenvalue weighted by Gasteiger charge is 2.37. The van der Waals surface area contributed by atoms with Gasteiger partial charge in [0.05, 0.1) is 32.9 Å². The zero-order valence-corrected chi connectivity index (χ0v) is 22.9. The Balaban J connectivity index is 1.47. The zero-order valence-electron chi connectivity index (χ0n) is 21.4. The molecule has 1 saturated carbocycles. The van der Waals surface area contributed by atoms with Crippen LogP contribution in [0.4, 0.5) is 21.5 Å². The smallest absolute Gasteiger partial charge is 0.123 e. The second kappa shape index (κ2) is 10.2. The minimum Gasteiger partial charge on any atom is -0.378 e. The molecule has 40 heavy (non-hydrogen) atoms. The van der Waals surface area contributed by atoms with E-state index in [4.69, 9.17) is 31.0 Å². The Hall–Kier alpha value is -3.97. The lowest BCUT2D eigenvalue weighted by molar-refractivity contribution is 0.260. The van der Waals surface area contributed by atoms with Crippen LogP contribution in [0.5, 0.6) is 0 Å². The van der Waals surface area contributed by atoms with Gasteiger partial charge in [0, 0.05) is 40.2 Å². The summed E-state index contributed by atoms with van der Waals surface area (Å²) in [5.74, 6) is -0.368. The molecule has 1 aliphatic heterocycles. The Bertz CT molecular complexity index is 1700. The monoisotopic (exact) mass is 569 g/mol. The van der Waals surface area contributed by atoms with Gasteiger partial charge in [-0.25, -0.2) is 4.39 Å². The molecule has 2 heterocycles. The number of aromatic nitrogens is 1. The fourth-order valence-electron chi connectivity index (χ4n) is 4.74. The van der Waals surface area contributed by atoms with E-state index in [0.29, 0.717) is 55.2 Å². The zero-order chi connectivity index (χ0) is 28.0. The number of pyridine rings is 1. The fourth-order valence-corrected chi connectivity index (χ4v) is 5.19. The molecule has 198 valence electrons. The van der Waals surface area contributed by atoms with Crippen LogP contribution in [0, 0.1) is 24.1 Å². The first-order valence-electron chi connectivity index (χ1n) is 12.7. The van der Waals surface area contributed by atoms with E-state index in [1.165, 1.54) is 18.3 Å². The van der Waals surface area contributed by atoms with Crippen molar-refractivity contribution in [2.75, 3.05) is 10.6 Å². The van der Waals surface area contributed by atoms with E-state index in [1.807, 2.05) is 36.3 Å². The van der Waals surface area contributed by atoms with Crippen molar-refractivity contribution in [3.8, 4) is 6.07 Å². The highest BCUT2D eigenvalue weighted by atomic mass is 35.5. The van der Waals surface area contributed by atoms with E-state index in [0.717, 1.165) is 24.1 Å². The van der Waals surface area contributed by atoms with Crippen LogP contribution in [-0.4, -0.2) is 23.9 Å². The van der Waals surface area contributed by atoms with Crippen molar-refractivity contribution < 1.29 is 4.39 Å². The van der Waals surface area contributed by atoms with E-state index >= 15 is 0 Å². The Kier molecular flexibility index (Phi) is 6.71. The van der Waals surface area contributed by atoms with Crippen molar-refractivity contribution in [3.05, 3.63) is 105 Å². The van der Waals surface area contributed by atoms with Crippen molar-refractivity contribution in [2.45, 2.75) is 31.2 Å². The number of benzene rings is 3. The summed E-state index contributed by atoms with van der Waals surface area (Å²) in [7, 11) is 7.07. The molecular weight excluding hydrogens is 547 g/mol. The largest absolute Gasteiger partial charge is 0.378 e. The molecule has 11 heteroatoms. The van der Waals surface area contributed by atoms with Gasteiger partial charge in [-0.2, -0.15) is 5.26 Å². The van der Waals surface area contributed by atoms with Crippen LogP contribution < -0.4 is 21.6 Å². The normalized spacial score (nSPS) is 16.2. The number of nitrogens with zero attached hydrogens (tertiary/aromatic N) is 3.